The van der Waals surface area contributed by atoms with Gasteiger partial charge in [-0.15, -0.1) is 0 Å². The topological polar surface area (TPSA) is 134 Å². The van der Waals surface area contributed by atoms with Crippen molar-refractivity contribution in [3.63, 3.8) is 0 Å². The third-order valence-corrected chi connectivity index (χ3v) is 8.80. The normalized spacial score (nSPS) is 27.8. The van der Waals surface area contributed by atoms with Crippen LogP contribution in [0.1, 0.15) is 77.7 Å². The van der Waals surface area contributed by atoms with Crippen LogP contribution in [0.25, 0.3) is 0 Å². The molecule has 2 aliphatic heterocycles. The van der Waals surface area contributed by atoms with Crippen LogP contribution in [0.15, 0.2) is 41.3 Å². The molecule has 0 bridgehead atoms. The maximum atomic E-state index is 13.7. The number of rotatable bonds is 4. The zero-order valence-corrected chi connectivity index (χ0v) is 25.2. The Bertz CT molecular complexity index is 1210. The third kappa shape index (κ3) is 7.75. The van der Waals surface area contributed by atoms with Gasteiger partial charge in [0.2, 0.25) is 5.91 Å². The molecule has 0 radical (unpaired) electrons. The van der Waals surface area contributed by atoms with E-state index in [2.05, 4.69) is 15.4 Å². The molecule has 2 fully saturated rings. The van der Waals surface area contributed by atoms with Gasteiger partial charge in [-0.25, -0.2) is 9.00 Å². The SMILES string of the molecule is Cc1ccc([S@@](=O)NC(=O)[C@@]23C[C@H]2C=CCCCCC[C@H](OC(=O)NC(C)(C)C)C(=O)N2CCC[C@H]2C(=O)N3)cc1. The number of alkyl carbamates (subject to hydrolysis) is 1. The van der Waals surface area contributed by atoms with E-state index >= 15 is 0 Å². The van der Waals surface area contributed by atoms with E-state index in [4.69, 9.17) is 4.74 Å². The van der Waals surface area contributed by atoms with E-state index in [1.54, 1.807) is 12.1 Å². The van der Waals surface area contributed by atoms with Crippen LogP contribution in [0.2, 0.25) is 0 Å². The lowest BCUT2D eigenvalue weighted by atomic mass is 10.1. The number of carbonyl (C=O) groups excluding carboxylic acids is 4. The fraction of sp³-hybridized carbons (Fsp3) is 0.600. The Morgan fingerprint density at radius 2 is 1.80 bits per heavy atom. The standard InChI is InChI=1S/C30H42N4O6S/c1-20-14-16-22(17-15-20)41(39)33-27(37)30-19-21(30)11-8-6-5-7-9-13-24(40-28(38)32-29(2,3)4)26(36)34-18-10-12-23(34)25(35)31-30/h8,11,14-17,21,23-24H,5-7,9-10,12-13,18-19H2,1-4H3,(H,31,35)(H,32,38)(H,33,37)/t21-,23+,24+,30-,41-/m1/s1. The molecule has 10 nitrogen and oxygen atoms in total. The van der Waals surface area contributed by atoms with E-state index in [-0.39, 0.29) is 5.92 Å². The van der Waals surface area contributed by atoms with Crippen molar-refractivity contribution in [1.82, 2.24) is 20.3 Å². The fourth-order valence-corrected chi connectivity index (χ4v) is 6.25. The third-order valence-electron chi connectivity index (χ3n) is 7.73. The minimum absolute atomic E-state index is 0.241. The summed E-state index contributed by atoms with van der Waals surface area (Å²) in [6.07, 6.45) is 7.26. The molecule has 3 aliphatic rings. The first-order valence-electron chi connectivity index (χ1n) is 14.5. The molecule has 1 aromatic rings. The number of nitrogens with zero attached hydrogens (tertiary/aromatic N) is 1. The van der Waals surface area contributed by atoms with Crippen LogP contribution in [0.5, 0.6) is 0 Å². The zero-order chi connectivity index (χ0) is 29.8. The van der Waals surface area contributed by atoms with Gasteiger partial charge >= 0.3 is 6.09 Å². The predicted molar refractivity (Wildman–Crippen MR) is 155 cm³/mol. The van der Waals surface area contributed by atoms with E-state index < -0.39 is 58.0 Å². The first-order valence-corrected chi connectivity index (χ1v) is 15.6. The highest BCUT2D eigenvalue weighted by Gasteiger charge is 2.61. The molecule has 0 unspecified atom stereocenters. The van der Waals surface area contributed by atoms with Crippen LogP contribution in [-0.4, -0.2) is 62.7 Å². The number of nitrogens with one attached hydrogen (secondary N) is 3. The van der Waals surface area contributed by atoms with Crippen molar-refractivity contribution in [2.45, 2.75) is 107 Å². The fourth-order valence-electron chi connectivity index (χ4n) is 5.40. The van der Waals surface area contributed by atoms with E-state index in [9.17, 15) is 23.4 Å². The molecule has 0 aromatic heterocycles. The summed E-state index contributed by atoms with van der Waals surface area (Å²) in [4.78, 5) is 55.3. The Kier molecular flexibility index (Phi) is 9.56. The summed E-state index contributed by atoms with van der Waals surface area (Å²) in [5, 5.41) is 5.67. The number of hydrogen-bond donors (Lipinski definition) is 3. The number of fused-ring (bicyclic) bond motifs is 2. The van der Waals surface area contributed by atoms with Crippen molar-refractivity contribution >= 4 is 34.8 Å². The Morgan fingerprint density at radius 3 is 2.51 bits per heavy atom. The maximum absolute atomic E-state index is 13.7. The molecule has 224 valence electrons. The van der Waals surface area contributed by atoms with Crippen molar-refractivity contribution in [1.29, 1.82) is 0 Å². The first-order chi connectivity index (χ1) is 19.4. The lowest BCUT2D eigenvalue weighted by Gasteiger charge is -2.30. The lowest BCUT2D eigenvalue weighted by Crippen LogP contribution is -2.57. The van der Waals surface area contributed by atoms with Crippen molar-refractivity contribution in [3.8, 4) is 0 Å². The number of hydrogen-bond acceptors (Lipinski definition) is 6. The monoisotopic (exact) mass is 586 g/mol. The van der Waals surface area contributed by atoms with Gasteiger partial charge in [0.25, 0.3) is 11.8 Å². The van der Waals surface area contributed by atoms with Gasteiger partial charge < -0.3 is 20.3 Å². The maximum Gasteiger partial charge on any atom is 0.408 e. The number of allylic oxidation sites excluding steroid dienone is 1. The number of amides is 4. The first kappa shape index (κ1) is 30.7. The Morgan fingerprint density at radius 1 is 1.07 bits per heavy atom. The molecule has 1 saturated heterocycles. The average Bonchev–Trinajstić information content (AvgIpc) is 3.35. The number of aryl methyl sites for hydroxylation is 1. The highest BCUT2D eigenvalue weighted by molar-refractivity contribution is 7.83. The summed E-state index contributed by atoms with van der Waals surface area (Å²) in [5.41, 5.74) is -0.759. The lowest BCUT2D eigenvalue weighted by molar-refractivity contribution is -0.146. The number of carbonyl (C=O) groups is 4. The van der Waals surface area contributed by atoms with Crippen LogP contribution < -0.4 is 15.4 Å². The molecule has 1 aliphatic carbocycles. The molecule has 11 heteroatoms. The smallest absolute Gasteiger partial charge is 0.408 e. The molecule has 41 heavy (non-hydrogen) atoms. The van der Waals surface area contributed by atoms with Crippen molar-refractivity contribution in [2.75, 3.05) is 6.54 Å². The molecule has 3 N–H and O–H groups in total. The molecule has 2 heterocycles. The van der Waals surface area contributed by atoms with E-state index in [0.29, 0.717) is 43.5 Å². The van der Waals surface area contributed by atoms with Gasteiger partial charge in [-0.1, -0.05) is 36.3 Å². The Hall–Kier alpha value is -3.21. The molecule has 5 atom stereocenters. The van der Waals surface area contributed by atoms with Gasteiger partial charge in [-0.2, -0.15) is 0 Å². The Labute approximate surface area is 244 Å². The molecular formula is C30H42N4O6S. The summed E-state index contributed by atoms with van der Waals surface area (Å²) in [5.74, 6) is -1.59. The summed E-state index contributed by atoms with van der Waals surface area (Å²) in [7, 11) is -1.79. The Balaban J connectivity index is 1.53. The van der Waals surface area contributed by atoms with Crippen LogP contribution in [0.3, 0.4) is 0 Å². The molecular weight excluding hydrogens is 544 g/mol. The predicted octanol–water partition coefficient (Wildman–Crippen LogP) is 3.41. The second-order valence-corrected chi connectivity index (χ2v) is 13.5. The van der Waals surface area contributed by atoms with E-state index in [1.165, 1.54) is 4.90 Å². The second kappa shape index (κ2) is 12.8. The number of benzene rings is 1. The van der Waals surface area contributed by atoms with Gasteiger partial charge in [-0.05, 0) is 84.8 Å². The molecule has 1 aromatic carbocycles. The van der Waals surface area contributed by atoms with E-state index in [1.807, 2.05) is 52.0 Å². The number of ether oxygens (including phenoxy) is 1. The van der Waals surface area contributed by atoms with Crippen molar-refractivity contribution in [3.05, 3.63) is 42.0 Å². The van der Waals surface area contributed by atoms with Gasteiger partial charge in [0, 0.05) is 18.0 Å². The van der Waals surface area contributed by atoms with Crippen LogP contribution >= 0.6 is 0 Å². The average molecular weight is 587 g/mol. The molecule has 4 amide bonds. The minimum Gasteiger partial charge on any atom is -0.436 e. The minimum atomic E-state index is -1.79. The molecule has 4 rings (SSSR count). The van der Waals surface area contributed by atoms with Gasteiger partial charge in [0.05, 0.1) is 4.90 Å². The van der Waals surface area contributed by atoms with Crippen LogP contribution in [-0.2, 0) is 30.1 Å². The molecule has 1 saturated carbocycles. The highest BCUT2D eigenvalue weighted by atomic mass is 32.2. The second-order valence-electron chi connectivity index (χ2n) is 12.3. The zero-order valence-electron chi connectivity index (χ0n) is 24.4. The summed E-state index contributed by atoms with van der Waals surface area (Å²) in [6.45, 7) is 7.76. The van der Waals surface area contributed by atoms with Gasteiger partial charge in [0.1, 0.15) is 11.6 Å². The summed E-state index contributed by atoms with van der Waals surface area (Å²) < 4.78 is 21.1. The van der Waals surface area contributed by atoms with Crippen molar-refractivity contribution < 1.29 is 28.1 Å². The highest BCUT2D eigenvalue weighted by Crippen LogP contribution is 2.45. The van der Waals surface area contributed by atoms with Gasteiger partial charge in [-0.3, -0.25) is 19.1 Å². The van der Waals surface area contributed by atoms with Gasteiger partial charge in [0.15, 0.2) is 17.1 Å². The summed E-state index contributed by atoms with van der Waals surface area (Å²) >= 11 is 0. The van der Waals surface area contributed by atoms with Crippen LogP contribution in [0, 0.1) is 12.8 Å². The van der Waals surface area contributed by atoms with E-state index in [0.717, 1.165) is 24.8 Å². The van der Waals surface area contributed by atoms with Crippen LogP contribution in [0.4, 0.5) is 4.79 Å². The molecule has 0 spiro atoms. The quantitative estimate of drug-likeness (QED) is 0.463. The largest absolute Gasteiger partial charge is 0.436 e. The van der Waals surface area contributed by atoms with Crippen molar-refractivity contribution in [2.24, 2.45) is 5.92 Å². The summed E-state index contributed by atoms with van der Waals surface area (Å²) in [6, 6.07) is 6.25.